The number of benzene rings is 2. The highest BCUT2D eigenvalue weighted by Crippen LogP contribution is 2.21. The van der Waals surface area contributed by atoms with E-state index in [2.05, 4.69) is 14.9 Å². The van der Waals surface area contributed by atoms with Crippen LogP contribution in [0.15, 0.2) is 47.4 Å². The van der Waals surface area contributed by atoms with Gasteiger partial charge in [0.2, 0.25) is 0 Å². The summed E-state index contributed by atoms with van der Waals surface area (Å²) in [5, 5.41) is 2.91. The van der Waals surface area contributed by atoms with E-state index in [0.717, 1.165) is 31.6 Å². The fraction of sp³-hybridized carbons (Fsp3) is 0.435. The molecule has 1 fully saturated rings. The number of nitrogens with one attached hydrogen (secondary N) is 2. The number of rotatable bonds is 8. The van der Waals surface area contributed by atoms with Crippen molar-refractivity contribution in [2.45, 2.75) is 44.4 Å². The number of sulfonamides is 1. The van der Waals surface area contributed by atoms with Crippen molar-refractivity contribution in [3.05, 3.63) is 59.2 Å². The van der Waals surface area contributed by atoms with Gasteiger partial charge in [-0.25, -0.2) is 8.42 Å². The van der Waals surface area contributed by atoms with Gasteiger partial charge in [-0.15, -0.1) is 0 Å². The number of piperidine rings is 1. The number of likely N-dealkylation sites (tertiary alicyclic amines) is 1. The second-order valence-electron chi connectivity index (χ2n) is 7.96. The highest BCUT2D eigenvalue weighted by atomic mass is 32.2. The van der Waals surface area contributed by atoms with E-state index >= 15 is 0 Å². The fourth-order valence-corrected chi connectivity index (χ4v) is 4.98. The third kappa shape index (κ3) is 6.06. The number of hydrogen-bond donors (Lipinski definition) is 2. The molecule has 6 nitrogen and oxygen atoms in total. The minimum Gasteiger partial charge on any atom is -0.352 e. The molecule has 1 saturated heterocycles. The Hall–Kier alpha value is -2.38. The third-order valence-electron chi connectivity index (χ3n) is 5.43. The molecule has 1 aliphatic rings. The van der Waals surface area contributed by atoms with Gasteiger partial charge in [0.05, 0.1) is 4.90 Å². The molecule has 30 heavy (non-hydrogen) atoms. The first-order valence-electron chi connectivity index (χ1n) is 10.6. The molecule has 1 amide bonds. The number of carbonyl (C=O) groups excluding carboxylic acids is 1. The van der Waals surface area contributed by atoms with Gasteiger partial charge in [-0.2, -0.15) is 0 Å². The minimum absolute atomic E-state index is 0.115. The van der Waals surface area contributed by atoms with E-state index in [1.54, 1.807) is 31.2 Å². The first-order valence-corrected chi connectivity index (χ1v) is 12.0. The van der Waals surface area contributed by atoms with Crippen molar-refractivity contribution in [2.75, 3.05) is 30.9 Å². The van der Waals surface area contributed by atoms with E-state index in [4.69, 9.17) is 0 Å². The first-order chi connectivity index (χ1) is 14.3. The average Bonchev–Trinajstić information content (AvgIpc) is 2.73. The van der Waals surface area contributed by atoms with Gasteiger partial charge in [-0.3, -0.25) is 9.52 Å². The lowest BCUT2D eigenvalue weighted by atomic mass is 10.1. The number of amides is 1. The molecule has 0 bridgehead atoms. The third-order valence-corrected chi connectivity index (χ3v) is 6.95. The van der Waals surface area contributed by atoms with Crippen LogP contribution in [0.5, 0.6) is 0 Å². The van der Waals surface area contributed by atoms with Crippen molar-refractivity contribution in [3.8, 4) is 0 Å². The van der Waals surface area contributed by atoms with Crippen LogP contribution < -0.4 is 10.0 Å². The summed E-state index contributed by atoms with van der Waals surface area (Å²) in [7, 11) is -3.79. The van der Waals surface area contributed by atoms with Crippen LogP contribution in [0.1, 0.15) is 47.2 Å². The fourth-order valence-electron chi connectivity index (χ4n) is 3.65. The zero-order chi connectivity index (χ0) is 21.6. The highest BCUT2D eigenvalue weighted by molar-refractivity contribution is 7.92. The zero-order valence-electron chi connectivity index (χ0n) is 17.8. The molecular weight excluding hydrogens is 398 g/mol. The molecule has 1 heterocycles. The predicted octanol–water partition coefficient (Wildman–Crippen LogP) is 3.71. The molecule has 0 radical (unpaired) electrons. The summed E-state index contributed by atoms with van der Waals surface area (Å²) in [6.07, 6.45) is 4.70. The lowest BCUT2D eigenvalue weighted by Crippen LogP contribution is -2.33. The Balaban J connectivity index is 1.61. The van der Waals surface area contributed by atoms with Crippen LogP contribution in [0.2, 0.25) is 0 Å². The molecule has 0 aliphatic carbocycles. The molecule has 7 heteroatoms. The molecule has 2 aromatic rings. The molecule has 162 valence electrons. The topological polar surface area (TPSA) is 78.5 Å². The Morgan fingerprint density at radius 1 is 1.00 bits per heavy atom. The highest BCUT2D eigenvalue weighted by Gasteiger charge is 2.19. The molecule has 0 unspecified atom stereocenters. The molecule has 1 aliphatic heterocycles. The quantitative estimate of drug-likeness (QED) is 0.627. The van der Waals surface area contributed by atoms with Crippen LogP contribution in [-0.2, 0) is 10.0 Å². The molecule has 0 spiro atoms. The minimum atomic E-state index is -3.79. The maximum Gasteiger partial charge on any atom is 0.262 e. The predicted molar refractivity (Wildman–Crippen MR) is 120 cm³/mol. The largest absolute Gasteiger partial charge is 0.352 e. The summed E-state index contributed by atoms with van der Waals surface area (Å²) in [5.74, 6) is -0.250. The van der Waals surface area contributed by atoms with Crippen molar-refractivity contribution >= 4 is 21.6 Å². The summed E-state index contributed by atoms with van der Waals surface area (Å²) in [5.41, 5.74) is 2.49. The molecule has 0 aromatic heterocycles. The van der Waals surface area contributed by atoms with Crippen molar-refractivity contribution in [2.24, 2.45) is 0 Å². The van der Waals surface area contributed by atoms with E-state index < -0.39 is 10.0 Å². The van der Waals surface area contributed by atoms with Gasteiger partial charge in [0.25, 0.3) is 15.9 Å². The van der Waals surface area contributed by atoms with Gasteiger partial charge in [-0.05, 0) is 82.6 Å². The van der Waals surface area contributed by atoms with E-state index in [1.165, 1.54) is 25.3 Å². The Morgan fingerprint density at radius 3 is 2.40 bits per heavy atom. The normalized spacial score (nSPS) is 15.0. The lowest BCUT2D eigenvalue weighted by molar-refractivity contribution is 0.0951. The zero-order valence-corrected chi connectivity index (χ0v) is 18.6. The average molecular weight is 430 g/mol. The molecule has 0 atom stereocenters. The maximum absolute atomic E-state index is 12.9. The number of hydrogen-bond acceptors (Lipinski definition) is 4. The number of nitrogens with zero attached hydrogens (tertiary/aromatic N) is 1. The molecule has 0 saturated carbocycles. The first kappa shape index (κ1) is 22.3. The second kappa shape index (κ2) is 10.1. The van der Waals surface area contributed by atoms with Crippen molar-refractivity contribution < 1.29 is 13.2 Å². The summed E-state index contributed by atoms with van der Waals surface area (Å²) in [6, 6.07) is 11.9. The summed E-state index contributed by atoms with van der Waals surface area (Å²) < 4.78 is 28.3. The summed E-state index contributed by atoms with van der Waals surface area (Å²) >= 11 is 0. The second-order valence-corrected chi connectivity index (χ2v) is 9.61. The van der Waals surface area contributed by atoms with E-state index in [1.807, 2.05) is 19.1 Å². The molecular formula is C23H31N3O3S. The van der Waals surface area contributed by atoms with Gasteiger partial charge in [-0.1, -0.05) is 30.2 Å². The van der Waals surface area contributed by atoms with Crippen LogP contribution >= 0.6 is 0 Å². The van der Waals surface area contributed by atoms with Crippen molar-refractivity contribution in [1.82, 2.24) is 10.2 Å². The standard InChI is InChI=1S/C23H31N3O3S/c1-18-7-11-21(12-8-18)25-30(28,29)22-17-20(10-9-19(22)2)23(27)24-13-6-16-26-14-4-3-5-15-26/h7-12,17,25H,3-6,13-16H2,1-2H3,(H,24,27). The van der Waals surface area contributed by atoms with Crippen LogP contribution in [0, 0.1) is 13.8 Å². The van der Waals surface area contributed by atoms with Crippen LogP contribution in [0.3, 0.4) is 0 Å². The van der Waals surface area contributed by atoms with Gasteiger partial charge >= 0.3 is 0 Å². The van der Waals surface area contributed by atoms with Crippen LogP contribution in [0.4, 0.5) is 5.69 Å². The Morgan fingerprint density at radius 2 is 1.70 bits per heavy atom. The summed E-state index contributed by atoms with van der Waals surface area (Å²) in [6.45, 7) is 7.50. The van der Waals surface area contributed by atoms with E-state index in [9.17, 15) is 13.2 Å². The molecule has 3 rings (SSSR count). The SMILES string of the molecule is Cc1ccc(NS(=O)(=O)c2cc(C(=O)NCCCN3CCCCC3)ccc2C)cc1. The van der Waals surface area contributed by atoms with Gasteiger partial charge in [0.1, 0.15) is 0 Å². The number of anilines is 1. The van der Waals surface area contributed by atoms with E-state index in [0.29, 0.717) is 23.4 Å². The molecule has 2 aromatic carbocycles. The van der Waals surface area contributed by atoms with Crippen LogP contribution in [0.25, 0.3) is 0 Å². The number of aryl methyl sites for hydroxylation is 2. The van der Waals surface area contributed by atoms with Crippen molar-refractivity contribution in [3.63, 3.8) is 0 Å². The van der Waals surface area contributed by atoms with Gasteiger partial charge < -0.3 is 10.2 Å². The summed E-state index contributed by atoms with van der Waals surface area (Å²) in [4.78, 5) is 15.1. The Bertz CT molecular complexity index is 966. The lowest BCUT2D eigenvalue weighted by Gasteiger charge is -2.26. The van der Waals surface area contributed by atoms with Gasteiger partial charge in [0.15, 0.2) is 0 Å². The van der Waals surface area contributed by atoms with Crippen LogP contribution in [-0.4, -0.2) is 45.4 Å². The van der Waals surface area contributed by atoms with Crippen molar-refractivity contribution in [1.29, 1.82) is 0 Å². The smallest absolute Gasteiger partial charge is 0.262 e. The Kier molecular flexibility index (Phi) is 7.50. The maximum atomic E-state index is 12.9. The molecule has 2 N–H and O–H groups in total. The Labute approximate surface area is 179 Å². The van der Waals surface area contributed by atoms with Gasteiger partial charge in [0, 0.05) is 17.8 Å². The van der Waals surface area contributed by atoms with E-state index in [-0.39, 0.29) is 10.8 Å². The number of carbonyl (C=O) groups is 1. The monoisotopic (exact) mass is 429 g/mol.